The fraction of sp³-hybridized carbons (Fsp3) is 0.125. The number of nitrogen functional groups attached to an aromatic ring is 1. The van der Waals surface area contributed by atoms with Gasteiger partial charge in [-0.3, -0.25) is 9.35 Å². The number of benzene rings is 1. The van der Waals surface area contributed by atoms with Gasteiger partial charge in [0.05, 0.1) is 12.1 Å². The number of nitrogens with two attached hydrogens (primary N) is 2. The molecule has 0 aromatic heterocycles. The minimum absolute atomic E-state index is 0.0318. The molecule has 0 bridgehead atoms. The topological polar surface area (TPSA) is 123 Å². The number of hydrogen-bond donors (Lipinski definition) is 3. The fourth-order valence-electron chi connectivity index (χ4n) is 1.14. The van der Waals surface area contributed by atoms with E-state index in [-0.39, 0.29) is 17.0 Å². The van der Waals surface area contributed by atoms with Crippen LogP contribution in [0.4, 0.5) is 5.69 Å². The molecule has 5 N–H and O–H groups in total. The summed E-state index contributed by atoms with van der Waals surface area (Å²) in [5.41, 5.74) is 10.7. The Bertz CT molecular complexity index is 495. The molecule has 7 heteroatoms. The standard InChI is InChI=1S/C8H10N2O4S/c9-6-3-5(4-8(10)11)1-2-7(6)15(12,13)14/h1-3H,4,9H2,(H2,10,11)(H,12,13,14). The SMILES string of the molecule is NC(=O)Cc1ccc(S(=O)(=O)O)c(N)c1. The van der Waals surface area contributed by atoms with Crippen LogP contribution < -0.4 is 11.5 Å². The maximum absolute atomic E-state index is 10.8. The number of hydrogen-bond acceptors (Lipinski definition) is 4. The molecule has 0 saturated carbocycles. The van der Waals surface area contributed by atoms with Gasteiger partial charge >= 0.3 is 0 Å². The second kappa shape index (κ2) is 3.87. The molecule has 0 heterocycles. The predicted molar refractivity (Wildman–Crippen MR) is 53.6 cm³/mol. The molecule has 0 aliphatic heterocycles. The van der Waals surface area contributed by atoms with Crippen molar-refractivity contribution in [3.63, 3.8) is 0 Å². The van der Waals surface area contributed by atoms with Crippen LogP contribution in [0.15, 0.2) is 23.1 Å². The molecule has 0 fully saturated rings. The zero-order valence-corrected chi connectivity index (χ0v) is 8.49. The Balaban J connectivity index is 3.15. The van der Waals surface area contributed by atoms with Crippen LogP contribution in [0.1, 0.15) is 5.56 Å². The molecule has 1 rings (SSSR count). The zero-order chi connectivity index (χ0) is 11.6. The van der Waals surface area contributed by atoms with Crippen LogP contribution in [-0.2, 0) is 21.3 Å². The van der Waals surface area contributed by atoms with E-state index >= 15 is 0 Å². The Morgan fingerprint density at radius 1 is 1.40 bits per heavy atom. The lowest BCUT2D eigenvalue weighted by molar-refractivity contribution is -0.117. The van der Waals surface area contributed by atoms with Crippen molar-refractivity contribution in [3.05, 3.63) is 23.8 Å². The van der Waals surface area contributed by atoms with Crippen molar-refractivity contribution in [2.75, 3.05) is 5.73 Å². The summed E-state index contributed by atoms with van der Waals surface area (Å²) in [6.07, 6.45) is -0.0318. The van der Waals surface area contributed by atoms with Crippen molar-refractivity contribution in [2.24, 2.45) is 5.73 Å². The third kappa shape index (κ3) is 2.93. The molecule has 0 atom stereocenters. The third-order valence-electron chi connectivity index (χ3n) is 1.73. The molecule has 0 aliphatic rings. The van der Waals surface area contributed by atoms with Gasteiger partial charge < -0.3 is 11.5 Å². The highest BCUT2D eigenvalue weighted by Crippen LogP contribution is 2.19. The Hall–Kier alpha value is -1.60. The molecular weight excluding hydrogens is 220 g/mol. The fourth-order valence-corrected chi connectivity index (χ4v) is 1.74. The van der Waals surface area contributed by atoms with E-state index < -0.39 is 16.0 Å². The van der Waals surface area contributed by atoms with Crippen LogP contribution in [-0.4, -0.2) is 18.9 Å². The van der Waals surface area contributed by atoms with E-state index in [0.29, 0.717) is 5.56 Å². The lowest BCUT2D eigenvalue weighted by atomic mass is 10.1. The van der Waals surface area contributed by atoms with Gasteiger partial charge in [-0.05, 0) is 17.7 Å². The van der Waals surface area contributed by atoms with E-state index in [4.69, 9.17) is 16.0 Å². The van der Waals surface area contributed by atoms with Gasteiger partial charge in [-0.2, -0.15) is 8.42 Å². The number of anilines is 1. The maximum Gasteiger partial charge on any atom is 0.296 e. The molecule has 1 aromatic rings. The molecule has 0 unspecified atom stereocenters. The van der Waals surface area contributed by atoms with Gasteiger partial charge in [0, 0.05) is 0 Å². The van der Waals surface area contributed by atoms with Gasteiger partial charge in [-0.25, -0.2) is 0 Å². The van der Waals surface area contributed by atoms with Crippen molar-refractivity contribution < 1.29 is 17.8 Å². The average molecular weight is 230 g/mol. The van der Waals surface area contributed by atoms with Crippen molar-refractivity contribution in [1.29, 1.82) is 0 Å². The largest absolute Gasteiger partial charge is 0.398 e. The summed E-state index contributed by atoms with van der Waals surface area (Å²) in [7, 11) is -4.32. The van der Waals surface area contributed by atoms with Crippen molar-refractivity contribution >= 4 is 21.7 Å². The summed E-state index contributed by atoms with van der Waals surface area (Å²) in [5, 5.41) is 0. The normalized spacial score (nSPS) is 11.3. The predicted octanol–water partition coefficient (Wildman–Crippen LogP) is -0.457. The molecule has 6 nitrogen and oxygen atoms in total. The van der Waals surface area contributed by atoms with Crippen molar-refractivity contribution in [2.45, 2.75) is 11.3 Å². The summed E-state index contributed by atoms with van der Waals surface area (Å²) < 4.78 is 30.3. The van der Waals surface area contributed by atoms with Crippen LogP contribution in [0, 0.1) is 0 Å². The molecule has 82 valence electrons. The van der Waals surface area contributed by atoms with Gasteiger partial charge in [0.15, 0.2) is 0 Å². The highest BCUT2D eigenvalue weighted by Gasteiger charge is 2.14. The van der Waals surface area contributed by atoms with E-state index in [2.05, 4.69) is 0 Å². The summed E-state index contributed by atoms with van der Waals surface area (Å²) in [6.45, 7) is 0. The summed E-state index contributed by atoms with van der Waals surface area (Å²) in [5.74, 6) is -0.547. The lowest BCUT2D eigenvalue weighted by Crippen LogP contribution is -2.14. The third-order valence-corrected chi connectivity index (χ3v) is 2.66. The van der Waals surface area contributed by atoms with E-state index in [0.717, 1.165) is 6.07 Å². The maximum atomic E-state index is 10.8. The molecule has 1 amide bonds. The summed E-state index contributed by atoms with van der Waals surface area (Å²) >= 11 is 0. The lowest BCUT2D eigenvalue weighted by Gasteiger charge is -2.04. The second-order valence-corrected chi connectivity index (χ2v) is 4.38. The first-order chi connectivity index (χ1) is 6.80. The van der Waals surface area contributed by atoms with Gasteiger partial charge in [0.1, 0.15) is 4.90 Å². The number of carbonyl (C=O) groups is 1. The molecule has 0 spiro atoms. The zero-order valence-electron chi connectivity index (χ0n) is 7.67. The smallest absolute Gasteiger partial charge is 0.296 e. The number of rotatable bonds is 3. The second-order valence-electron chi connectivity index (χ2n) is 2.99. The molecule has 0 radical (unpaired) electrons. The van der Waals surface area contributed by atoms with Crippen molar-refractivity contribution in [3.8, 4) is 0 Å². The number of carbonyl (C=O) groups excluding carboxylic acids is 1. The molecule has 15 heavy (non-hydrogen) atoms. The van der Waals surface area contributed by atoms with Gasteiger partial charge in [-0.15, -0.1) is 0 Å². The van der Waals surface area contributed by atoms with E-state index in [9.17, 15) is 13.2 Å². The quantitative estimate of drug-likeness (QED) is 0.479. The Kier molecular flexibility index (Phi) is 2.96. The Labute approximate surface area is 86.6 Å². The van der Waals surface area contributed by atoms with Crippen LogP contribution in [0.2, 0.25) is 0 Å². The van der Waals surface area contributed by atoms with Crippen LogP contribution in [0.3, 0.4) is 0 Å². The van der Waals surface area contributed by atoms with E-state index in [1.165, 1.54) is 12.1 Å². The Morgan fingerprint density at radius 3 is 2.40 bits per heavy atom. The first-order valence-corrected chi connectivity index (χ1v) is 5.39. The molecular formula is C8H10N2O4S. The number of primary amides is 1. The summed E-state index contributed by atoms with van der Waals surface area (Å²) in [6, 6.07) is 3.78. The van der Waals surface area contributed by atoms with E-state index in [1.807, 2.05) is 0 Å². The Morgan fingerprint density at radius 2 is 2.00 bits per heavy atom. The minimum atomic E-state index is -4.32. The molecule has 0 aliphatic carbocycles. The van der Waals surface area contributed by atoms with Crippen LogP contribution in [0.5, 0.6) is 0 Å². The van der Waals surface area contributed by atoms with Gasteiger partial charge in [0.25, 0.3) is 10.1 Å². The minimum Gasteiger partial charge on any atom is -0.398 e. The molecule has 1 aromatic carbocycles. The van der Waals surface area contributed by atoms with Crippen molar-refractivity contribution in [1.82, 2.24) is 0 Å². The highest BCUT2D eigenvalue weighted by molar-refractivity contribution is 7.86. The van der Waals surface area contributed by atoms with Crippen LogP contribution >= 0.6 is 0 Å². The first kappa shape index (κ1) is 11.5. The summed E-state index contributed by atoms with van der Waals surface area (Å²) in [4.78, 5) is 10.2. The van der Waals surface area contributed by atoms with Gasteiger partial charge in [0.2, 0.25) is 5.91 Å². The monoisotopic (exact) mass is 230 g/mol. The first-order valence-electron chi connectivity index (χ1n) is 3.95. The average Bonchev–Trinajstić information content (AvgIpc) is 1.99. The number of amides is 1. The van der Waals surface area contributed by atoms with Gasteiger partial charge in [-0.1, -0.05) is 6.07 Å². The molecule has 0 saturated heterocycles. The highest BCUT2D eigenvalue weighted by atomic mass is 32.2. The van der Waals surface area contributed by atoms with E-state index in [1.54, 1.807) is 0 Å². The van der Waals surface area contributed by atoms with Crippen LogP contribution in [0.25, 0.3) is 0 Å².